The number of hydrogen-bond donors (Lipinski definition) is 0. The van der Waals surface area contributed by atoms with E-state index in [-0.39, 0.29) is 12.1 Å². The van der Waals surface area contributed by atoms with E-state index in [2.05, 4.69) is 49.4 Å². The van der Waals surface area contributed by atoms with Crippen LogP contribution in [0.15, 0.2) is 42.5 Å². The SMILES string of the molecule is CCCCCCCCCCCC(=O)O[C@@H]1CCCC[C@@H]1c1cccc2ccccc12. The van der Waals surface area contributed by atoms with Gasteiger partial charge in [0.2, 0.25) is 0 Å². The minimum atomic E-state index is 0.00934. The van der Waals surface area contributed by atoms with Crippen LogP contribution < -0.4 is 0 Å². The number of hydrogen-bond acceptors (Lipinski definition) is 2. The molecule has 1 saturated carbocycles. The molecule has 0 amide bonds. The van der Waals surface area contributed by atoms with Crippen molar-refractivity contribution < 1.29 is 9.53 Å². The molecule has 0 spiro atoms. The van der Waals surface area contributed by atoms with Crippen LogP contribution in [0, 0.1) is 0 Å². The molecule has 2 atom stereocenters. The van der Waals surface area contributed by atoms with E-state index < -0.39 is 0 Å². The Hall–Kier alpha value is -1.83. The highest BCUT2D eigenvalue weighted by molar-refractivity contribution is 5.86. The fourth-order valence-corrected chi connectivity index (χ4v) is 4.98. The molecule has 3 rings (SSSR count). The molecule has 164 valence electrons. The zero-order valence-corrected chi connectivity index (χ0v) is 18.9. The number of carbonyl (C=O) groups is 1. The van der Waals surface area contributed by atoms with Crippen molar-refractivity contribution in [3.63, 3.8) is 0 Å². The highest BCUT2D eigenvalue weighted by atomic mass is 16.5. The van der Waals surface area contributed by atoms with Crippen molar-refractivity contribution in [3.05, 3.63) is 48.0 Å². The highest BCUT2D eigenvalue weighted by Crippen LogP contribution is 2.38. The molecular formula is C28H40O2. The number of ether oxygens (including phenoxy) is 1. The fourth-order valence-electron chi connectivity index (χ4n) is 4.98. The molecule has 0 bridgehead atoms. The number of rotatable bonds is 12. The first-order chi connectivity index (χ1) is 14.8. The summed E-state index contributed by atoms with van der Waals surface area (Å²) in [4.78, 5) is 12.5. The number of fused-ring (bicyclic) bond motifs is 1. The summed E-state index contributed by atoms with van der Waals surface area (Å²) >= 11 is 0. The molecule has 0 aromatic heterocycles. The Morgan fingerprint density at radius 1 is 0.833 bits per heavy atom. The van der Waals surface area contributed by atoms with Gasteiger partial charge in [0, 0.05) is 12.3 Å². The summed E-state index contributed by atoms with van der Waals surface area (Å²) in [7, 11) is 0. The largest absolute Gasteiger partial charge is 0.462 e. The van der Waals surface area contributed by atoms with Gasteiger partial charge in [-0.05, 0) is 42.0 Å². The normalized spacial score (nSPS) is 19.1. The molecule has 0 saturated heterocycles. The maximum atomic E-state index is 12.5. The third-order valence-corrected chi connectivity index (χ3v) is 6.69. The molecule has 30 heavy (non-hydrogen) atoms. The lowest BCUT2D eigenvalue weighted by atomic mass is 9.80. The standard InChI is InChI=1S/C28H40O2/c1-2-3-4-5-6-7-8-9-10-22-28(29)30-27-21-14-13-19-26(27)25-20-15-17-23-16-11-12-18-24(23)25/h11-12,15-18,20,26-27H,2-10,13-14,19,21-22H2,1H3/t26-,27-/m1/s1. The van der Waals surface area contributed by atoms with Gasteiger partial charge >= 0.3 is 5.97 Å². The molecule has 1 fully saturated rings. The van der Waals surface area contributed by atoms with Crippen LogP contribution in [0.5, 0.6) is 0 Å². The van der Waals surface area contributed by atoms with Crippen molar-refractivity contribution in [2.24, 2.45) is 0 Å². The molecule has 0 heterocycles. The average molecular weight is 409 g/mol. The van der Waals surface area contributed by atoms with E-state index in [1.54, 1.807) is 0 Å². The van der Waals surface area contributed by atoms with Gasteiger partial charge in [-0.15, -0.1) is 0 Å². The van der Waals surface area contributed by atoms with Crippen LogP contribution in [0.4, 0.5) is 0 Å². The first-order valence-electron chi connectivity index (χ1n) is 12.5. The van der Waals surface area contributed by atoms with Gasteiger partial charge in [0.25, 0.3) is 0 Å². The molecule has 1 aliphatic rings. The first-order valence-corrected chi connectivity index (χ1v) is 12.5. The van der Waals surface area contributed by atoms with E-state index in [4.69, 9.17) is 4.74 Å². The summed E-state index contributed by atoms with van der Waals surface area (Å²) in [5.41, 5.74) is 1.36. The Labute approximate surface area is 183 Å². The van der Waals surface area contributed by atoms with E-state index in [1.807, 2.05) is 0 Å². The molecule has 0 unspecified atom stereocenters. The second kappa shape index (κ2) is 12.8. The fraction of sp³-hybridized carbons (Fsp3) is 0.607. The number of esters is 1. The van der Waals surface area contributed by atoms with Gasteiger partial charge in [-0.3, -0.25) is 4.79 Å². The Bertz CT molecular complexity index is 761. The van der Waals surface area contributed by atoms with Crippen LogP contribution >= 0.6 is 0 Å². The molecule has 2 aromatic rings. The van der Waals surface area contributed by atoms with Crippen molar-refractivity contribution in [2.45, 2.75) is 109 Å². The molecule has 2 heteroatoms. The molecular weight excluding hydrogens is 368 g/mol. The quantitative estimate of drug-likeness (QED) is 0.260. The Balaban J connectivity index is 1.45. The van der Waals surface area contributed by atoms with Crippen molar-refractivity contribution >= 4 is 16.7 Å². The summed E-state index contributed by atoms with van der Waals surface area (Å²) in [6.45, 7) is 2.26. The van der Waals surface area contributed by atoms with Gasteiger partial charge in [0.15, 0.2) is 0 Å². The lowest BCUT2D eigenvalue weighted by molar-refractivity contribution is -0.151. The Morgan fingerprint density at radius 3 is 2.30 bits per heavy atom. The van der Waals surface area contributed by atoms with Crippen molar-refractivity contribution in [1.29, 1.82) is 0 Å². The lowest BCUT2D eigenvalue weighted by Gasteiger charge is -2.32. The average Bonchev–Trinajstić information content (AvgIpc) is 2.78. The Morgan fingerprint density at radius 2 is 1.50 bits per heavy atom. The molecule has 2 aromatic carbocycles. The molecule has 0 N–H and O–H groups in total. The zero-order valence-electron chi connectivity index (χ0n) is 18.9. The third kappa shape index (κ3) is 6.86. The monoisotopic (exact) mass is 408 g/mol. The second-order valence-electron chi connectivity index (χ2n) is 9.07. The summed E-state index contributed by atoms with van der Waals surface area (Å²) in [6, 6.07) is 15.1. The topological polar surface area (TPSA) is 26.3 Å². The van der Waals surface area contributed by atoms with E-state index in [9.17, 15) is 4.79 Å². The van der Waals surface area contributed by atoms with E-state index >= 15 is 0 Å². The second-order valence-corrected chi connectivity index (χ2v) is 9.07. The van der Waals surface area contributed by atoms with Crippen LogP contribution in [0.25, 0.3) is 10.8 Å². The minimum Gasteiger partial charge on any atom is -0.462 e. The molecule has 0 radical (unpaired) electrons. The van der Waals surface area contributed by atoms with Gasteiger partial charge in [0.1, 0.15) is 6.10 Å². The van der Waals surface area contributed by atoms with Gasteiger partial charge in [-0.25, -0.2) is 0 Å². The highest BCUT2D eigenvalue weighted by Gasteiger charge is 2.30. The van der Waals surface area contributed by atoms with Crippen LogP contribution in [-0.2, 0) is 9.53 Å². The molecule has 1 aliphatic carbocycles. The summed E-state index contributed by atoms with van der Waals surface area (Å²) in [6.07, 6.45) is 16.6. The maximum Gasteiger partial charge on any atom is 0.306 e. The lowest BCUT2D eigenvalue weighted by Crippen LogP contribution is -2.28. The van der Waals surface area contributed by atoms with Crippen LogP contribution in [0.3, 0.4) is 0 Å². The van der Waals surface area contributed by atoms with Gasteiger partial charge in [-0.2, -0.15) is 0 Å². The van der Waals surface area contributed by atoms with Crippen LogP contribution in [0.1, 0.15) is 108 Å². The first kappa shape index (κ1) is 22.8. The zero-order chi connectivity index (χ0) is 21.0. The number of carbonyl (C=O) groups excluding carboxylic acids is 1. The van der Waals surface area contributed by atoms with Gasteiger partial charge in [0.05, 0.1) is 0 Å². The molecule has 2 nitrogen and oxygen atoms in total. The third-order valence-electron chi connectivity index (χ3n) is 6.69. The van der Waals surface area contributed by atoms with Gasteiger partial charge < -0.3 is 4.74 Å². The van der Waals surface area contributed by atoms with E-state index in [0.29, 0.717) is 12.3 Å². The minimum absolute atomic E-state index is 0.00934. The smallest absolute Gasteiger partial charge is 0.306 e. The summed E-state index contributed by atoms with van der Waals surface area (Å²) < 4.78 is 6.04. The van der Waals surface area contributed by atoms with Gasteiger partial charge in [-0.1, -0.05) is 107 Å². The Kier molecular flexibility index (Phi) is 9.73. The maximum absolute atomic E-state index is 12.5. The van der Waals surface area contributed by atoms with Crippen molar-refractivity contribution in [1.82, 2.24) is 0 Å². The van der Waals surface area contributed by atoms with E-state index in [0.717, 1.165) is 32.1 Å². The summed E-state index contributed by atoms with van der Waals surface area (Å²) in [5, 5.41) is 2.59. The number of benzene rings is 2. The van der Waals surface area contributed by atoms with Crippen LogP contribution in [0.2, 0.25) is 0 Å². The van der Waals surface area contributed by atoms with Crippen molar-refractivity contribution in [3.8, 4) is 0 Å². The van der Waals surface area contributed by atoms with Crippen LogP contribution in [-0.4, -0.2) is 12.1 Å². The number of unbranched alkanes of at least 4 members (excludes halogenated alkanes) is 8. The summed E-state index contributed by atoms with van der Waals surface area (Å²) in [5.74, 6) is 0.340. The van der Waals surface area contributed by atoms with Crippen molar-refractivity contribution in [2.75, 3.05) is 0 Å². The molecule has 0 aliphatic heterocycles. The van der Waals surface area contributed by atoms with E-state index in [1.165, 1.54) is 67.7 Å². The predicted molar refractivity (Wildman–Crippen MR) is 127 cm³/mol. The predicted octanol–water partition coefficient (Wildman–Crippen LogP) is 8.33.